The fourth-order valence-corrected chi connectivity index (χ4v) is 2.89. The molecule has 0 aromatic carbocycles. The zero-order valence-electron chi connectivity index (χ0n) is 10.9. The molecule has 1 fully saturated rings. The first-order chi connectivity index (χ1) is 9.78. The summed E-state index contributed by atoms with van der Waals surface area (Å²) < 4.78 is 11.7. The first kappa shape index (κ1) is 11.6. The molecular formula is C14H14N4O2. The lowest BCUT2D eigenvalue weighted by Crippen LogP contribution is -2.42. The van der Waals surface area contributed by atoms with Crippen molar-refractivity contribution in [3.05, 3.63) is 30.2 Å². The maximum Gasteiger partial charge on any atom is 0.220 e. The topological polar surface area (TPSA) is 83.2 Å². The highest BCUT2D eigenvalue weighted by atomic mass is 16.5. The van der Waals surface area contributed by atoms with E-state index in [0.717, 1.165) is 35.5 Å². The van der Waals surface area contributed by atoms with Crippen LogP contribution in [0.4, 0.5) is 5.95 Å². The summed E-state index contributed by atoms with van der Waals surface area (Å²) >= 11 is 0. The molecule has 2 N–H and O–H groups in total. The van der Waals surface area contributed by atoms with Crippen molar-refractivity contribution < 1.29 is 9.47 Å². The predicted molar refractivity (Wildman–Crippen MR) is 72.0 cm³/mol. The zero-order valence-corrected chi connectivity index (χ0v) is 10.9. The van der Waals surface area contributed by atoms with Gasteiger partial charge in [-0.2, -0.15) is 0 Å². The fraction of sp³-hybridized carbons (Fsp3) is 0.357. The Bertz CT molecular complexity index is 668. The molecule has 6 heteroatoms. The minimum Gasteiger partial charge on any atom is -0.478 e. The van der Waals surface area contributed by atoms with E-state index in [0.29, 0.717) is 13.2 Å². The summed E-state index contributed by atoms with van der Waals surface area (Å²) in [6.45, 7) is 1.30. The van der Waals surface area contributed by atoms with Gasteiger partial charge in [-0.15, -0.1) is 0 Å². The lowest BCUT2D eigenvalue weighted by atomic mass is 9.84. The van der Waals surface area contributed by atoms with Crippen LogP contribution in [-0.2, 0) is 10.3 Å². The van der Waals surface area contributed by atoms with Gasteiger partial charge in [0.25, 0.3) is 0 Å². The molecule has 1 saturated heterocycles. The second-order valence-electron chi connectivity index (χ2n) is 5.05. The average Bonchev–Trinajstić information content (AvgIpc) is 2.49. The van der Waals surface area contributed by atoms with Gasteiger partial charge in [-0.3, -0.25) is 4.98 Å². The zero-order chi connectivity index (χ0) is 13.6. The van der Waals surface area contributed by atoms with Crippen molar-refractivity contribution in [2.75, 3.05) is 18.9 Å². The van der Waals surface area contributed by atoms with Crippen LogP contribution < -0.4 is 10.5 Å². The van der Waals surface area contributed by atoms with Gasteiger partial charge >= 0.3 is 0 Å². The first-order valence-electron chi connectivity index (χ1n) is 6.64. The Hall–Kier alpha value is -2.21. The monoisotopic (exact) mass is 270 g/mol. The van der Waals surface area contributed by atoms with E-state index in [4.69, 9.17) is 15.2 Å². The molecule has 0 saturated carbocycles. The predicted octanol–water partition coefficient (Wildman–Crippen LogP) is 1.52. The van der Waals surface area contributed by atoms with Crippen LogP contribution in [0.1, 0.15) is 18.5 Å². The van der Waals surface area contributed by atoms with Gasteiger partial charge in [0.1, 0.15) is 11.4 Å². The van der Waals surface area contributed by atoms with Gasteiger partial charge in [0, 0.05) is 30.8 Å². The second kappa shape index (κ2) is 4.14. The van der Waals surface area contributed by atoms with Crippen LogP contribution in [0.5, 0.6) is 5.75 Å². The third-order valence-electron chi connectivity index (χ3n) is 3.87. The highest BCUT2D eigenvalue weighted by molar-refractivity contribution is 5.71. The number of hydrogen-bond acceptors (Lipinski definition) is 6. The molecule has 0 unspecified atom stereocenters. The van der Waals surface area contributed by atoms with Crippen LogP contribution in [-0.4, -0.2) is 28.2 Å². The summed E-state index contributed by atoms with van der Waals surface area (Å²) in [6, 6.07) is 3.80. The molecular weight excluding hydrogens is 256 g/mol. The van der Waals surface area contributed by atoms with E-state index in [-0.39, 0.29) is 5.95 Å². The van der Waals surface area contributed by atoms with Crippen LogP contribution in [0.3, 0.4) is 0 Å². The Kier molecular flexibility index (Phi) is 2.40. The maximum absolute atomic E-state index is 6.25. The van der Waals surface area contributed by atoms with E-state index in [2.05, 4.69) is 15.0 Å². The molecule has 4 rings (SSSR count). The number of nitrogens with two attached hydrogens (primary N) is 1. The molecule has 0 bridgehead atoms. The van der Waals surface area contributed by atoms with Gasteiger partial charge in [-0.25, -0.2) is 9.97 Å². The normalized spacial score (nSPS) is 19.0. The summed E-state index contributed by atoms with van der Waals surface area (Å²) in [7, 11) is 0. The summed E-state index contributed by atoms with van der Waals surface area (Å²) in [5, 5.41) is 0. The van der Waals surface area contributed by atoms with Gasteiger partial charge in [0.15, 0.2) is 5.60 Å². The van der Waals surface area contributed by atoms with E-state index < -0.39 is 5.60 Å². The Labute approximate surface area is 116 Å². The van der Waals surface area contributed by atoms with Crippen molar-refractivity contribution in [3.63, 3.8) is 0 Å². The molecule has 102 valence electrons. The molecule has 2 aromatic heterocycles. The Balaban J connectivity index is 1.96. The average molecular weight is 270 g/mol. The number of pyridine rings is 1. The molecule has 0 amide bonds. The first-order valence-corrected chi connectivity index (χ1v) is 6.64. The highest BCUT2D eigenvalue weighted by Gasteiger charge is 2.44. The van der Waals surface area contributed by atoms with Crippen molar-refractivity contribution in [1.29, 1.82) is 0 Å². The molecule has 2 aliphatic heterocycles. The third-order valence-corrected chi connectivity index (χ3v) is 3.87. The van der Waals surface area contributed by atoms with Crippen LogP contribution in [0.2, 0.25) is 0 Å². The molecule has 2 aromatic rings. The molecule has 0 atom stereocenters. The van der Waals surface area contributed by atoms with Gasteiger partial charge in [0.05, 0.1) is 18.9 Å². The van der Waals surface area contributed by atoms with Crippen molar-refractivity contribution in [2.45, 2.75) is 18.4 Å². The van der Waals surface area contributed by atoms with Gasteiger partial charge in [-0.1, -0.05) is 0 Å². The molecule has 20 heavy (non-hydrogen) atoms. The van der Waals surface area contributed by atoms with Crippen LogP contribution in [0.25, 0.3) is 11.3 Å². The lowest BCUT2D eigenvalue weighted by molar-refractivity contribution is -0.0542. The molecule has 0 aliphatic carbocycles. The summed E-state index contributed by atoms with van der Waals surface area (Å²) in [6.07, 6.45) is 4.99. The SMILES string of the molecule is Nc1ncc2c(n1)C1(CCOCC1)Oc1cccnc1-2. The number of nitrogen functional groups attached to an aromatic ring is 1. The van der Waals surface area contributed by atoms with Gasteiger partial charge < -0.3 is 15.2 Å². The molecule has 0 radical (unpaired) electrons. The number of anilines is 1. The minimum atomic E-state index is -0.472. The standard InChI is InChI=1S/C14H14N4O2/c15-13-17-8-9-11-10(2-1-5-16-11)20-14(12(9)18-13)3-6-19-7-4-14/h1-2,5,8H,3-4,6-7H2,(H2,15,17,18). The van der Waals surface area contributed by atoms with Crippen LogP contribution in [0, 0.1) is 0 Å². The number of aromatic nitrogens is 3. The number of nitrogens with zero attached hydrogens (tertiary/aromatic N) is 3. The van der Waals surface area contributed by atoms with E-state index in [1.807, 2.05) is 12.1 Å². The maximum atomic E-state index is 6.25. The fourth-order valence-electron chi connectivity index (χ4n) is 2.89. The third kappa shape index (κ3) is 1.58. The van der Waals surface area contributed by atoms with Crippen molar-refractivity contribution >= 4 is 5.95 Å². The Morgan fingerprint density at radius 3 is 2.90 bits per heavy atom. The number of hydrogen-bond donors (Lipinski definition) is 1. The lowest BCUT2D eigenvalue weighted by Gasteiger charge is -2.40. The second-order valence-corrected chi connectivity index (χ2v) is 5.05. The molecule has 2 aliphatic rings. The highest BCUT2D eigenvalue weighted by Crippen LogP contribution is 2.47. The number of fused-ring (bicyclic) bond motifs is 4. The quantitative estimate of drug-likeness (QED) is 0.781. The van der Waals surface area contributed by atoms with Crippen LogP contribution in [0.15, 0.2) is 24.5 Å². The van der Waals surface area contributed by atoms with E-state index in [1.165, 1.54) is 0 Å². The van der Waals surface area contributed by atoms with E-state index >= 15 is 0 Å². The van der Waals surface area contributed by atoms with Crippen molar-refractivity contribution in [3.8, 4) is 17.0 Å². The largest absolute Gasteiger partial charge is 0.478 e. The Morgan fingerprint density at radius 2 is 2.05 bits per heavy atom. The summed E-state index contributed by atoms with van der Waals surface area (Å²) in [5.41, 5.74) is 7.81. The number of rotatable bonds is 0. The molecule has 6 nitrogen and oxygen atoms in total. The van der Waals surface area contributed by atoms with Crippen LogP contribution >= 0.6 is 0 Å². The van der Waals surface area contributed by atoms with Gasteiger partial charge in [0.2, 0.25) is 5.95 Å². The van der Waals surface area contributed by atoms with Gasteiger partial charge in [-0.05, 0) is 12.1 Å². The Morgan fingerprint density at radius 1 is 1.20 bits per heavy atom. The minimum absolute atomic E-state index is 0.262. The van der Waals surface area contributed by atoms with Crippen molar-refractivity contribution in [1.82, 2.24) is 15.0 Å². The molecule has 4 heterocycles. The van der Waals surface area contributed by atoms with E-state index in [1.54, 1.807) is 12.4 Å². The number of ether oxygens (including phenoxy) is 2. The summed E-state index contributed by atoms with van der Waals surface area (Å²) in [4.78, 5) is 12.9. The smallest absolute Gasteiger partial charge is 0.220 e. The van der Waals surface area contributed by atoms with E-state index in [9.17, 15) is 0 Å². The van der Waals surface area contributed by atoms with Crippen molar-refractivity contribution in [2.24, 2.45) is 0 Å². The summed E-state index contributed by atoms with van der Waals surface area (Å²) in [5.74, 6) is 1.04. The molecule has 1 spiro atoms.